The van der Waals surface area contributed by atoms with Crippen molar-refractivity contribution in [3.8, 4) is 0 Å². The number of rotatable bonds is 6. The molecule has 112 valence electrons. The second kappa shape index (κ2) is 8.46. The van der Waals surface area contributed by atoms with Crippen LogP contribution in [0.25, 0.3) is 0 Å². The molecule has 1 aliphatic rings. The van der Waals surface area contributed by atoms with Gasteiger partial charge in [0.05, 0.1) is 0 Å². The summed E-state index contributed by atoms with van der Waals surface area (Å²) in [6.45, 7) is 5.68. The van der Waals surface area contributed by atoms with Crippen LogP contribution in [0, 0.1) is 0 Å². The molecule has 0 aliphatic heterocycles. The zero-order valence-electron chi connectivity index (χ0n) is 13.3. The lowest BCUT2D eigenvalue weighted by molar-refractivity contribution is 0.439. The van der Waals surface area contributed by atoms with E-state index < -0.39 is 0 Å². The van der Waals surface area contributed by atoms with Crippen molar-refractivity contribution in [3.63, 3.8) is 0 Å². The minimum Gasteiger partial charge on any atom is -0.314 e. The lowest BCUT2D eigenvalue weighted by Crippen LogP contribution is -2.30. The second-order valence-corrected chi connectivity index (χ2v) is 6.36. The Labute approximate surface area is 125 Å². The molecule has 0 aromatic heterocycles. The number of nitrogens with one attached hydrogen (secondary N) is 1. The van der Waals surface area contributed by atoms with E-state index in [1.54, 1.807) is 5.56 Å². The second-order valence-electron chi connectivity index (χ2n) is 6.36. The summed E-state index contributed by atoms with van der Waals surface area (Å²) in [5, 5.41) is 3.74. The molecule has 0 radical (unpaired) electrons. The minimum absolute atomic E-state index is 0.734. The van der Waals surface area contributed by atoms with E-state index in [2.05, 4.69) is 43.4 Å². The molecule has 0 bridgehead atoms. The average molecular weight is 273 g/mol. The van der Waals surface area contributed by atoms with Gasteiger partial charge in [-0.2, -0.15) is 0 Å². The Morgan fingerprint density at radius 1 is 1.00 bits per heavy atom. The molecule has 1 aliphatic carbocycles. The molecule has 1 aromatic carbocycles. The minimum atomic E-state index is 0.734. The Balaban J connectivity index is 1.98. The summed E-state index contributed by atoms with van der Waals surface area (Å²) in [6, 6.07) is 10.2. The fourth-order valence-electron chi connectivity index (χ4n) is 3.44. The number of benzene rings is 1. The van der Waals surface area contributed by atoms with Crippen LogP contribution < -0.4 is 5.32 Å². The van der Waals surface area contributed by atoms with Gasteiger partial charge in [0.15, 0.2) is 0 Å². The van der Waals surface area contributed by atoms with Crippen LogP contribution >= 0.6 is 0 Å². The molecule has 1 nitrogen and oxygen atoms in total. The summed E-state index contributed by atoms with van der Waals surface area (Å²) in [6.07, 6.45) is 10.6. The maximum absolute atomic E-state index is 3.74. The van der Waals surface area contributed by atoms with Crippen molar-refractivity contribution in [2.45, 2.75) is 77.2 Å². The zero-order valence-corrected chi connectivity index (χ0v) is 13.3. The first-order valence-electron chi connectivity index (χ1n) is 8.65. The normalized spacial score (nSPS) is 23.5. The summed E-state index contributed by atoms with van der Waals surface area (Å²) in [5.41, 5.74) is 3.06. The van der Waals surface area contributed by atoms with Gasteiger partial charge in [0.2, 0.25) is 0 Å². The fourth-order valence-corrected chi connectivity index (χ4v) is 3.44. The van der Waals surface area contributed by atoms with Gasteiger partial charge in [0, 0.05) is 6.04 Å². The molecule has 2 unspecified atom stereocenters. The predicted molar refractivity (Wildman–Crippen MR) is 88.3 cm³/mol. The summed E-state index contributed by atoms with van der Waals surface area (Å²) < 4.78 is 0. The Hall–Kier alpha value is -0.820. The van der Waals surface area contributed by atoms with Crippen LogP contribution in [-0.4, -0.2) is 12.6 Å². The molecule has 1 saturated carbocycles. The van der Waals surface area contributed by atoms with Gasteiger partial charge in [-0.3, -0.25) is 0 Å². The van der Waals surface area contributed by atoms with Crippen molar-refractivity contribution in [2.75, 3.05) is 6.54 Å². The first kappa shape index (κ1) is 15.6. The zero-order chi connectivity index (χ0) is 14.2. The molecule has 1 aromatic rings. The smallest absolute Gasteiger partial charge is 0.00728 e. The van der Waals surface area contributed by atoms with Gasteiger partial charge >= 0.3 is 0 Å². The maximum Gasteiger partial charge on any atom is 0.00728 e. The molecular formula is C19H31N. The third-order valence-electron chi connectivity index (χ3n) is 4.60. The highest BCUT2D eigenvalue weighted by molar-refractivity contribution is 5.26. The molecule has 1 fully saturated rings. The Morgan fingerprint density at radius 2 is 1.75 bits per heavy atom. The Kier molecular flexibility index (Phi) is 6.59. The third-order valence-corrected chi connectivity index (χ3v) is 4.60. The Morgan fingerprint density at radius 3 is 2.45 bits per heavy atom. The number of aryl methyl sites for hydroxylation is 1. The first-order chi connectivity index (χ1) is 9.83. The summed E-state index contributed by atoms with van der Waals surface area (Å²) in [7, 11) is 0. The first-order valence-corrected chi connectivity index (χ1v) is 8.65. The number of hydrogen-bond donors (Lipinski definition) is 1. The lowest BCUT2D eigenvalue weighted by Gasteiger charge is -2.21. The van der Waals surface area contributed by atoms with Crippen LogP contribution in [0.2, 0.25) is 0 Å². The van der Waals surface area contributed by atoms with Crippen LogP contribution in [0.15, 0.2) is 24.3 Å². The lowest BCUT2D eigenvalue weighted by atomic mass is 9.89. The summed E-state index contributed by atoms with van der Waals surface area (Å²) in [5.74, 6) is 0.766. The predicted octanol–water partition coefficient (Wildman–Crippen LogP) is 5.06. The van der Waals surface area contributed by atoms with Crippen molar-refractivity contribution in [2.24, 2.45) is 0 Å². The van der Waals surface area contributed by atoms with Crippen LogP contribution in [0.5, 0.6) is 0 Å². The van der Waals surface area contributed by atoms with E-state index in [9.17, 15) is 0 Å². The molecule has 20 heavy (non-hydrogen) atoms. The van der Waals surface area contributed by atoms with E-state index >= 15 is 0 Å². The van der Waals surface area contributed by atoms with Gasteiger partial charge in [0.25, 0.3) is 0 Å². The highest BCUT2D eigenvalue weighted by atomic mass is 14.9. The van der Waals surface area contributed by atoms with Crippen molar-refractivity contribution in [1.29, 1.82) is 0 Å². The van der Waals surface area contributed by atoms with Gasteiger partial charge < -0.3 is 5.32 Å². The monoisotopic (exact) mass is 273 g/mol. The molecule has 1 N–H and O–H groups in total. The van der Waals surface area contributed by atoms with Crippen molar-refractivity contribution >= 4 is 0 Å². The molecule has 0 spiro atoms. The van der Waals surface area contributed by atoms with E-state index in [0.29, 0.717) is 0 Å². The van der Waals surface area contributed by atoms with Crippen LogP contribution in [0.1, 0.15) is 75.8 Å². The summed E-state index contributed by atoms with van der Waals surface area (Å²) in [4.78, 5) is 0. The van der Waals surface area contributed by atoms with E-state index in [1.165, 1.54) is 63.5 Å². The van der Waals surface area contributed by atoms with E-state index in [1.807, 2.05) is 0 Å². The van der Waals surface area contributed by atoms with Gasteiger partial charge in [-0.25, -0.2) is 0 Å². The van der Waals surface area contributed by atoms with Crippen molar-refractivity contribution < 1.29 is 0 Å². The fraction of sp³-hybridized carbons (Fsp3) is 0.684. The molecule has 0 saturated heterocycles. The van der Waals surface area contributed by atoms with E-state index in [4.69, 9.17) is 0 Å². The van der Waals surface area contributed by atoms with Gasteiger partial charge in [-0.15, -0.1) is 0 Å². The van der Waals surface area contributed by atoms with Crippen LogP contribution in [-0.2, 0) is 6.42 Å². The number of hydrogen-bond acceptors (Lipinski definition) is 1. The highest BCUT2D eigenvalue weighted by Crippen LogP contribution is 2.32. The quantitative estimate of drug-likeness (QED) is 0.715. The van der Waals surface area contributed by atoms with Gasteiger partial charge in [-0.1, -0.05) is 57.4 Å². The molecule has 1 heteroatoms. The third kappa shape index (κ3) is 4.63. The standard InChI is InChI=1S/C19H31N/c1-3-7-16-10-12-17(13-11-16)18-8-5-6-9-19(15-18)20-14-4-2/h10-13,18-20H,3-9,14-15H2,1-2H3. The molecule has 2 atom stereocenters. The van der Waals surface area contributed by atoms with Crippen molar-refractivity contribution in [1.82, 2.24) is 5.32 Å². The maximum atomic E-state index is 3.74. The summed E-state index contributed by atoms with van der Waals surface area (Å²) >= 11 is 0. The molecule has 0 amide bonds. The van der Waals surface area contributed by atoms with E-state index in [-0.39, 0.29) is 0 Å². The van der Waals surface area contributed by atoms with Gasteiger partial charge in [-0.05, 0) is 55.7 Å². The van der Waals surface area contributed by atoms with Crippen LogP contribution in [0.4, 0.5) is 0 Å². The Bertz CT molecular complexity index is 368. The largest absolute Gasteiger partial charge is 0.314 e. The molecule has 2 rings (SSSR count). The molecular weight excluding hydrogens is 242 g/mol. The molecule has 0 heterocycles. The van der Waals surface area contributed by atoms with Crippen LogP contribution in [0.3, 0.4) is 0 Å². The van der Waals surface area contributed by atoms with Crippen molar-refractivity contribution in [3.05, 3.63) is 35.4 Å². The topological polar surface area (TPSA) is 12.0 Å². The van der Waals surface area contributed by atoms with E-state index in [0.717, 1.165) is 12.0 Å². The average Bonchev–Trinajstić information content (AvgIpc) is 2.72. The SMILES string of the molecule is CCCNC1CCCCC(c2ccc(CCC)cc2)C1. The highest BCUT2D eigenvalue weighted by Gasteiger charge is 2.20. The van der Waals surface area contributed by atoms with Gasteiger partial charge in [0.1, 0.15) is 0 Å².